The fourth-order valence-corrected chi connectivity index (χ4v) is 1.96. The Morgan fingerprint density at radius 2 is 1.68 bits per heavy atom. The van der Waals surface area contributed by atoms with Gasteiger partial charge in [-0.25, -0.2) is 9.18 Å². The minimum Gasteiger partial charge on any atom is -0.449 e. The van der Waals surface area contributed by atoms with E-state index in [0.29, 0.717) is 16.8 Å². The van der Waals surface area contributed by atoms with Crippen molar-refractivity contribution in [3.05, 3.63) is 65.0 Å². The smallest absolute Gasteiger partial charge is 0.339 e. The molecule has 2 aromatic rings. The minimum absolute atomic E-state index is 0.0218. The number of carbonyl (C=O) groups is 3. The summed E-state index contributed by atoms with van der Waals surface area (Å²) in [6.45, 7) is 2.97. The predicted molar refractivity (Wildman–Crippen MR) is 89.6 cm³/mol. The van der Waals surface area contributed by atoms with Gasteiger partial charge in [-0.3, -0.25) is 9.59 Å². The van der Waals surface area contributed by atoms with E-state index in [1.165, 1.54) is 43.3 Å². The van der Waals surface area contributed by atoms with Crippen LogP contribution in [0.15, 0.2) is 42.5 Å². The first-order valence-electron chi connectivity index (χ1n) is 7.46. The monoisotopic (exact) mass is 344 g/mol. The van der Waals surface area contributed by atoms with Crippen molar-refractivity contribution in [2.24, 2.45) is 5.73 Å². The second kappa shape index (κ2) is 7.57. The molecule has 2 amide bonds. The summed E-state index contributed by atoms with van der Waals surface area (Å²) in [5.41, 5.74) is 6.28. The molecular formula is C18H17FN2O4. The summed E-state index contributed by atoms with van der Waals surface area (Å²) < 4.78 is 18.5. The molecule has 0 unspecified atom stereocenters. The van der Waals surface area contributed by atoms with Crippen LogP contribution in [0.25, 0.3) is 0 Å². The average Bonchev–Trinajstić information content (AvgIpc) is 2.57. The van der Waals surface area contributed by atoms with E-state index in [-0.39, 0.29) is 5.56 Å². The molecule has 2 aromatic carbocycles. The molecule has 0 aliphatic carbocycles. The van der Waals surface area contributed by atoms with Gasteiger partial charge in [-0.1, -0.05) is 6.07 Å². The van der Waals surface area contributed by atoms with Crippen LogP contribution >= 0.6 is 0 Å². The molecule has 0 radical (unpaired) electrons. The van der Waals surface area contributed by atoms with E-state index in [1.54, 1.807) is 6.92 Å². The summed E-state index contributed by atoms with van der Waals surface area (Å²) in [6, 6.07) is 9.87. The highest BCUT2D eigenvalue weighted by Crippen LogP contribution is 2.13. The van der Waals surface area contributed by atoms with E-state index in [2.05, 4.69) is 5.32 Å². The fourth-order valence-electron chi connectivity index (χ4n) is 1.96. The molecule has 6 nitrogen and oxygen atoms in total. The number of nitrogens with two attached hydrogens (primary N) is 1. The summed E-state index contributed by atoms with van der Waals surface area (Å²) in [6.07, 6.45) is -1.09. The Morgan fingerprint density at radius 1 is 1.08 bits per heavy atom. The van der Waals surface area contributed by atoms with E-state index >= 15 is 0 Å². The zero-order valence-electron chi connectivity index (χ0n) is 13.7. The Kier molecular flexibility index (Phi) is 5.49. The number of halogens is 1. The van der Waals surface area contributed by atoms with Crippen molar-refractivity contribution in [1.29, 1.82) is 0 Å². The third-order valence-corrected chi connectivity index (χ3v) is 3.50. The van der Waals surface area contributed by atoms with Gasteiger partial charge in [0.1, 0.15) is 5.82 Å². The van der Waals surface area contributed by atoms with Gasteiger partial charge in [0.05, 0.1) is 5.56 Å². The molecule has 0 bridgehead atoms. The molecule has 7 heteroatoms. The van der Waals surface area contributed by atoms with Gasteiger partial charge < -0.3 is 15.8 Å². The molecule has 0 heterocycles. The van der Waals surface area contributed by atoms with Crippen LogP contribution in [0.3, 0.4) is 0 Å². The number of primary amides is 1. The first-order valence-corrected chi connectivity index (χ1v) is 7.46. The minimum atomic E-state index is -1.09. The molecule has 0 aromatic heterocycles. The first kappa shape index (κ1) is 18.1. The Bertz CT molecular complexity index is 818. The van der Waals surface area contributed by atoms with Crippen LogP contribution in [-0.4, -0.2) is 23.9 Å². The van der Waals surface area contributed by atoms with Gasteiger partial charge in [0, 0.05) is 11.3 Å². The van der Waals surface area contributed by atoms with E-state index in [4.69, 9.17) is 10.5 Å². The summed E-state index contributed by atoms with van der Waals surface area (Å²) >= 11 is 0. The number of esters is 1. The van der Waals surface area contributed by atoms with Crippen LogP contribution < -0.4 is 11.1 Å². The molecule has 0 saturated heterocycles. The van der Waals surface area contributed by atoms with Crippen molar-refractivity contribution < 1.29 is 23.5 Å². The number of aryl methyl sites for hydroxylation is 1. The second-order valence-corrected chi connectivity index (χ2v) is 5.44. The Balaban J connectivity index is 1.98. The highest BCUT2D eigenvalue weighted by atomic mass is 19.1. The zero-order chi connectivity index (χ0) is 18.6. The third kappa shape index (κ3) is 4.63. The molecule has 130 valence electrons. The van der Waals surface area contributed by atoms with Gasteiger partial charge in [-0.2, -0.15) is 0 Å². The van der Waals surface area contributed by atoms with Gasteiger partial charge in [-0.15, -0.1) is 0 Å². The number of rotatable bonds is 5. The molecule has 25 heavy (non-hydrogen) atoms. The van der Waals surface area contributed by atoms with Crippen LogP contribution in [0.2, 0.25) is 0 Å². The van der Waals surface area contributed by atoms with Gasteiger partial charge in [-0.05, 0) is 55.8 Å². The number of anilines is 1. The Hall–Kier alpha value is -3.22. The highest BCUT2D eigenvalue weighted by Gasteiger charge is 2.19. The molecule has 0 fully saturated rings. The Labute approximate surface area is 143 Å². The summed E-state index contributed by atoms with van der Waals surface area (Å²) in [5, 5.41) is 2.54. The number of carbonyl (C=O) groups excluding carboxylic acids is 3. The summed E-state index contributed by atoms with van der Waals surface area (Å²) in [4.78, 5) is 35.0. The maximum Gasteiger partial charge on any atom is 0.339 e. The number of benzene rings is 2. The van der Waals surface area contributed by atoms with Crippen molar-refractivity contribution in [3.63, 3.8) is 0 Å². The lowest BCUT2D eigenvalue weighted by Gasteiger charge is -2.14. The van der Waals surface area contributed by atoms with Gasteiger partial charge in [0.25, 0.3) is 5.91 Å². The molecule has 1 atom stereocenters. The molecule has 2 rings (SSSR count). The first-order chi connectivity index (χ1) is 11.8. The highest BCUT2D eigenvalue weighted by molar-refractivity contribution is 5.98. The number of hydrogen-bond acceptors (Lipinski definition) is 4. The third-order valence-electron chi connectivity index (χ3n) is 3.50. The molecule has 3 N–H and O–H groups in total. The van der Waals surface area contributed by atoms with Gasteiger partial charge in [0.15, 0.2) is 6.10 Å². The average molecular weight is 344 g/mol. The van der Waals surface area contributed by atoms with Crippen molar-refractivity contribution >= 4 is 23.5 Å². The topological polar surface area (TPSA) is 98.5 Å². The van der Waals surface area contributed by atoms with Crippen LogP contribution in [0.4, 0.5) is 10.1 Å². The largest absolute Gasteiger partial charge is 0.449 e. The van der Waals surface area contributed by atoms with Crippen molar-refractivity contribution in [2.75, 3.05) is 5.32 Å². The zero-order valence-corrected chi connectivity index (χ0v) is 13.7. The van der Waals surface area contributed by atoms with E-state index in [1.807, 2.05) is 0 Å². The molecule has 0 aliphatic rings. The summed E-state index contributed by atoms with van der Waals surface area (Å²) in [5.74, 6) is -2.47. The lowest BCUT2D eigenvalue weighted by Crippen LogP contribution is -2.30. The van der Waals surface area contributed by atoms with Gasteiger partial charge in [0.2, 0.25) is 5.91 Å². The maximum atomic E-state index is 13.5. The number of ether oxygens (including phenoxy) is 1. The van der Waals surface area contributed by atoms with Crippen LogP contribution in [0.1, 0.15) is 33.2 Å². The standard InChI is InChI=1S/C18H17FN2O4/c1-10-3-4-13(9-15(10)19)18(24)25-11(2)17(23)21-14-7-5-12(6-8-14)16(20)22/h3-9,11H,1-2H3,(H2,20,22)(H,21,23)/t11-/m1/s1. The molecule has 0 spiro atoms. The van der Waals surface area contributed by atoms with Crippen molar-refractivity contribution in [3.8, 4) is 0 Å². The van der Waals surface area contributed by atoms with Gasteiger partial charge >= 0.3 is 5.97 Å². The molecule has 0 aliphatic heterocycles. The Morgan fingerprint density at radius 3 is 2.24 bits per heavy atom. The maximum absolute atomic E-state index is 13.5. The number of amides is 2. The lowest BCUT2D eigenvalue weighted by atomic mass is 10.1. The van der Waals surface area contributed by atoms with E-state index < -0.39 is 29.7 Å². The quantitative estimate of drug-likeness (QED) is 0.814. The number of hydrogen-bond donors (Lipinski definition) is 2. The van der Waals surface area contributed by atoms with E-state index in [9.17, 15) is 18.8 Å². The number of nitrogens with one attached hydrogen (secondary N) is 1. The van der Waals surface area contributed by atoms with Crippen molar-refractivity contribution in [1.82, 2.24) is 0 Å². The lowest BCUT2D eigenvalue weighted by molar-refractivity contribution is -0.123. The predicted octanol–water partition coefficient (Wildman–Crippen LogP) is 2.42. The summed E-state index contributed by atoms with van der Waals surface area (Å²) in [7, 11) is 0. The molecule has 0 saturated carbocycles. The normalized spacial score (nSPS) is 11.5. The van der Waals surface area contributed by atoms with Crippen LogP contribution in [0.5, 0.6) is 0 Å². The molecular weight excluding hydrogens is 327 g/mol. The van der Waals surface area contributed by atoms with Crippen LogP contribution in [-0.2, 0) is 9.53 Å². The fraction of sp³-hybridized carbons (Fsp3) is 0.167. The second-order valence-electron chi connectivity index (χ2n) is 5.44. The SMILES string of the molecule is Cc1ccc(C(=O)O[C@H](C)C(=O)Nc2ccc(C(N)=O)cc2)cc1F. The van der Waals surface area contributed by atoms with E-state index in [0.717, 1.165) is 6.07 Å². The van der Waals surface area contributed by atoms with Crippen LogP contribution in [0, 0.1) is 12.7 Å². The van der Waals surface area contributed by atoms with Crippen molar-refractivity contribution in [2.45, 2.75) is 20.0 Å².